The number of nitrogens with one attached hydrogen (secondary N) is 1. The van der Waals surface area contributed by atoms with Gasteiger partial charge in [0.1, 0.15) is 28.7 Å². The highest BCUT2D eigenvalue weighted by Crippen LogP contribution is 2.42. The highest BCUT2D eigenvalue weighted by molar-refractivity contribution is 7.88. The molecule has 0 aliphatic heterocycles. The largest absolute Gasteiger partial charge is 0.466 e. The van der Waals surface area contributed by atoms with Crippen LogP contribution in [0.3, 0.4) is 0 Å². The fourth-order valence-corrected chi connectivity index (χ4v) is 4.73. The number of hydrogen-bond acceptors (Lipinski definition) is 5. The lowest BCUT2D eigenvalue weighted by Crippen LogP contribution is -2.36. The maximum atomic E-state index is 12.7. The molecule has 1 N–H and O–H groups in total. The van der Waals surface area contributed by atoms with Crippen LogP contribution in [0, 0.1) is 12.3 Å². The zero-order chi connectivity index (χ0) is 19.3. The fraction of sp³-hybridized carbons (Fsp3) is 0.632. The van der Waals surface area contributed by atoms with E-state index < -0.39 is 10.0 Å². The lowest BCUT2D eigenvalue weighted by Gasteiger charge is -2.34. The molecule has 2 aromatic heterocycles. The van der Waals surface area contributed by atoms with Crippen LogP contribution in [0.5, 0.6) is 0 Å². The number of hydrogen-bond donors (Lipinski definition) is 1. The van der Waals surface area contributed by atoms with Crippen LogP contribution in [0.2, 0.25) is 0 Å². The Morgan fingerprint density at radius 1 is 1.31 bits per heavy atom. The number of furan rings is 1. The number of nitrogens with zero attached hydrogens (tertiary/aromatic N) is 1. The van der Waals surface area contributed by atoms with Gasteiger partial charge in [-0.3, -0.25) is 0 Å². The average Bonchev–Trinajstić information content (AvgIpc) is 3.02. The number of aromatic nitrogens is 1. The predicted molar refractivity (Wildman–Crippen MR) is 99.3 cm³/mol. The quantitative estimate of drug-likeness (QED) is 0.866. The number of rotatable bonds is 4. The van der Waals surface area contributed by atoms with E-state index in [1.807, 2.05) is 33.8 Å². The summed E-state index contributed by atoms with van der Waals surface area (Å²) < 4.78 is 39.4. The summed E-state index contributed by atoms with van der Waals surface area (Å²) in [7, 11) is -3.56. The molecule has 0 bridgehead atoms. The van der Waals surface area contributed by atoms with E-state index in [1.165, 1.54) is 0 Å². The van der Waals surface area contributed by atoms with Gasteiger partial charge in [-0.2, -0.15) is 0 Å². The molecule has 3 rings (SSSR count). The van der Waals surface area contributed by atoms with Crippen molar-refractivity contribution >= 4 is 10.0 Å². The third-order valence-corrected chi connectivity index (χ3v) is 6.01. The van der Waals surface area contributed by atoms with Gasteiger partial charge in [-0.25, -0.2) is 13.1 Å². The van der Waals surface area contributed by atoms with Gasteiger partial charge in [-0.05, 0) is 24.8 Å². The van der Waals surface area contributed by atoms with Crippen LogP contribution in [0.25, 0.3) is 0 Å². The van der Waals surface area contributed by atoms with Crippen molar-refractivity contribution < 1.29 is 17.4 Å². The summed E-state index contributed by atoms with van der Waals surface area (Å²) in [6.07, 6.45) is 1.54. The minimum absolute atomic E-state index is 0.0300. The smallest absolute Gasteiger partial charge is 0.218 e. The van der Waals surface area contributed by atoms with Crippen LogP contribution in [0.15, 0.2) is 21.1 Å². The van der Waals surface area contributed by atoms with Crippen LogP contribution >= 0.6 is 0 Å². The third kappa shape index (κ3) is 4.20. The Kier molecular flexibility index (Phi) is 4.60. The van der Waals surface area contributed by atoms with Gasteiger partial charge in [0.2, 0.25) is 10.0 Å². The molecule has 144 valence electrons. The van der Waals surface area contributed by atoms with Crippen LogP contribution in [0.1, 0.15) is 75.6 Å². The molecule has 0 spiro atoms. The normalized spacial score (nSPS) is 20.2. The molecule has 0 saturated heterocycles. The highest BCUT2D eigenvalue weighted by Gasteiger charge is 2.37. The van der Waals surface area contributed by atoms with Gasteiger partial charge < -0.3 is 8.94 Å². The topological polar surface area (TPSA) is 85.3 Å². The molecule has 6 nitrogen and oxygen atoms in total. The summed E-state index contributed by atoms with van der Waals surface area (Å²) in [5.74, 6) is 2.16. The Hall–Kier alpha value is -1.60. The summed E-state index contributed by atoms with van der Waals surface area (Å²) >= 11 is 0. The van der Waals surface area contributed by atoms with E-state index in [1.54, 1.807) is 6.07 Å². The van der Waals surface area contributed by atoms with Gasteiger partial charge in [-0.15, -0.1) is 0 Å². The maximum absolute atomic E-state index is 12.7. The molecule has 1 aliphatic rings. The molecule has 1 unspecified atom stereocenters. The van der Waals surface area contributed by atoms with E-state index in [0.717, 1.165) is 29.9 Å². The summed E-state index contributed by atoms with van der Waals surface area (Å²) in [6.45, 7) is 12.1. The van der Waals surface area contributed by atoms with Crippen molar-refractivity contribution in [1.29, 1.82) is 0 Å². The van der Waals surface area contributed by atoms with Crippen molar-refractivity contribution in [3.05, 3.63) is 40.7 Å². The molecule has 0 radical (unpaired) electrons. The molecule has 1 atom stereocenters. The van der Waals surface area contributed by atoms with Crippen molar-refractivity contribution in [1.82, 2.24) is 9.88 Å². The molecule has 0 amide bonds. The Labute approximate surface area is 155 Å². The Bertz CT molecular complexity index is 900. The predicted octanol–water partition coefficient (Wildman–Crippen LogP) is 4.01. The first kappa shape index (κ1) is 19.2. The summed E-state index contributed by atoms with van der Waals surface area (Å²) in [4.78, 5) is 0. The highest BCUT2D eigenvalue weighted by atomic mass is 32.2. The van der Waals surface area contributed by atoms with Gasteiger partial charge >= 0.3 is 0 Å². The van der Waals surface area contributed by atoms with Gasteiger partial charge in [-0.1, -0.05) is 39.8 Å². The molecule has 1 aliphatic carbocycles. The second-order valence-electron chi connectivity index (χ2n) is 9.14. The van der Waals surface area contributed by atoms with Crippen LogP contribution in [0.4, 0.5) is 0 Å². The molecule has 26 heavy (non-hydrogen) atoms. The average molecular weight is 381 g/mol. The first-order chi connectivity index (χ1) is 11.8. The molecule has 7 heteroatoms. The minimum atomic E-state index is -3.56. The van der Waals surface area contributed by atoms with Crippen molar-refractivity contribution in [2.75, 3.05) is 0 Å². The molecule has 2 aromatic rings. The lowest BCUT2D eigenvalue weighted by molar-refractivity contribution is 0.247. The molecular weight excluding hydrogens is 352 g/mol. The van der Waals surface area contributed by atoms with E-state index in [4.69, 9.17) is 8.94 Å². The standard InChI is InChI=1S/C19H28N2O4S/c1-12-7-14-15(9-19(5,6)10-16(14)24-12)21-26(22,23)11-13-8-17(25-20-13)18(2,3)4/h7-8,15,21H,9-11H2,1-6H3. The molecule has 2 heterocycles. The number of aryl methyl sites for hydroxylation is 1. The SMILES string of the molecule is Cc1cc2c(o1)CC(C)(C)CC2NS(=O)(=O)Cc1cc(C(C)(C)C)on1. The minimum Gasteiger partial charge on any atom is -0.466 e. The van der Waals surface area contributed by atoms with Crippen molar-refractivity contribution in [3.63, 3.8) is 0 Å². The maximum Gasteiger partial charge on any atom is 0.218 e. The second kappa shape index (κ2) is 6.23. The molecule has 0 aromatic carbocycles. The van der Waals surface area contributed by atoms with Gasteiger partial charge in [0.05, 0.1) is 6.04 Å². The van der Waals surface area contributed by atoms with Crippen molar-refractivity contribution in [3.8, 4) is 0 Å². The van der Waals surface area contributed by atoms with Gasteiger partial charge in [0, 0.05) is 23.5 Å². The lowest BCUT2D eigenvalue weighted by atomic mass is 9.75. The molecule has 0 saturated carbocycles. The number of sulfonamides is 1. The van der Waals surface area contributed by atoms with Crippen LogP contribution < -0.4 is 4.72 Å². The Morgan fingerprint density at radius 3 is 2.62 bits per heavy atom. The van der Waals surface area contributed by atoms with Crippen LogP contribution in [-0.4, -0.2) is 13.6 Å². The van der Waals surface area contributed by atoms with Gasteiger partial charge in [0.15, 0.2) is 0 Å². The van der Waals surface area contributed by atoms with E-state index >= 15 is 0 Å². The molecular formula is C19H28N2O4S. The summed E-state index contributed by atoms with van der Waals surface area (Å²) in [6, 6.07) is 3.37. The fourth-order valence-electron chi connectivity index (χ4n) is 3.48. The summed E-state index contributed by atoms with van der Waals surface area (Å²) in [5.41, 5.74) is 1.12. The Balaban J connectivity index is 1.80. The second-order valence-corrected chi connectivity index (χ2v) is 10.9. The third-order valence-electron chi connectivity index (χ3n) is 4.69. The van der Waals surface area contributed by atoms with E-state index in [0.29, 0.717) is 11.5 Å². The zero-order valence-corrected chi connectivity index (χ0v) is 17.2. The zero-order valence-electron chi connectivity index (χ0n) is 16.3. The summed E-state index contributed by atoms with van der Waals surface area (Å²) in [5, 5.41) is 3.93. The first-order valence-electron chi connectivity index (χ1n) is 8.90. The molecule has 0 fully saturated rings. The van der Waals surface area contributed by atoms with Crippen molar-refractivity contribution in [2.24, 2.45) is 5.41 Å². The van der Waals surface area contributed by atoms with Gasteiger partial charge in [0.25, 0.3) is 0 Å². The first-order valence-corrected chi connectivity index (χ1v) is 10.6. The monoisotopic (exact) mass is 380 g/mol. The van der Waals surface area contributed by atoms with Crippen molar-refractivity contribution in [2.45, 2.75) is 71.6 Å². The number of fused-ring (bicyclic) bond motifs is 1. The Morgan fingerprint density at radius 2 is 2.00 bits per heavy atom. The van der Waals surface area contributed by atoms with Crippen LogP contribution in [-0.2, 0) is 27.6 Å². The van der Waals surface area contributed by atoms with E-state index in [9.17, 15) is 8.42 Å². The van der Waals surface area contributed by atoms with E-state index in [2.05, 4.69) is 23.7 Å². The van der Waals surface area contributed by atoms with E-state index in [-0.39, 0.29) is 22.6 Å².